The van der Waals surface area contributed by atoms with E-state index in [1.807, 2.05) is 41.9 Å². The Morgan fingerprint density at radius 3 is 2.38 bits per heavy atom. The predicted molar refractivity (Wildman–Crippen MR) is 96.0 cm³/mol. The molecule has 0 aromatic carbocycles. The van der Waals surface area contributed by atoms with Crippen LogP contribution in [0.4, 0.5) is 0 Å². The van der Waals surface area contributed by atoms with Crippen LogP contribution >= 0.6 is 0 Å². The van der Waals surface area contributed by atoms with E-state index in [1.165, 1.54) is 6.20 Å². The molecule has 0 spiro atoms. The number of hydrogen-bond donors (Lipinski definition) is 0. The minimum Gasteiger partial charge on any atom is -0.335 e. The first-order valence-electron chi connectivity index (χ1n) is 8.56. The summed E-state index contributed by atoms with van der Waals surface area (Å²) >= 11 is 0. The number of nitrogens with zero attached hydrogens (tertiary/aromatic N) is 5. The van der Waals surface area contributed by atoms with E-state index in [2.05, 4.69) is 10.2 Å². The van der Waals surface area contributed by atoms with Crippen molar-refractivity contribution in [1.29, 1.82) is 0 Å². The van der Waals surface area contributed by atoms with Crippen molar-refractivity contribution in [3.05, 3.63) is 65.7 Å². The van der Waals surface area contributed by atoms with Crippen LogP contribution < -0.4 is 0 Å². The average molecular weight is 349 g/mol. The van der Waals surface area contributed by atoms with Crippen LogP contribution in [0.5, 0.6) is 0 Å². The van der Waals surface area contributed by atoms with Gasteiger partial charge in [0.1, 0.15) is 0 Å². The van der Waals surface area contributed by atoms with Gasteiger partial charge in [-0.2, -0.15) is 5.10 Å². The summed E-state index contributed by atoms with van der Waals surface area (Å²) in [6.07, 6.45) is 5.40. The molecule has 1 fully saturated rings. The predicted octanol–water partition coefficient (Wildman–Crippen LogP) is 1.64. The molecule has 0 unspecified atom stereocenters. The van der Waals surface area contributed by atoms with Gasteiger partial charge in [-0.15, -0.1) is 5.10 Å². The van der Waals surface area contributed by atoms with Crippen LogP contribution in [0.25, 0.3) is 5.52 Å². The van der Waals surface area contributed by atoms with Crippen LogP contribution in [-0.4, -0.2) is 62.4 Å². The molecule has 0 radical (unpaired) electrons. The molecule has 4 heterocycles. The molecule has 3 aromatic rings. The Labute approximate surface area is 150 Å². The molecule has 7 nitrogen and oxygen atoms in total. The van der Waals surface area contributed by atoms with Gasteiger partial charge in [-0.1, -0.05) is 6.07 Å². The summed E-state index contributed by atoms with van der Waals surface area (Å²) in [7, 11) is 0. The number of pyridine rings is 1. The van der Waals surface area contributed by atoms with Crippen molar-refractivity contribution < 1.29 is 9.59 Å². The number of aromatic nitrogens is 3. The van der Waals surface area contributed by atoms with Crippen LogP contribution in [0.1, 0.15) is 26.4 Å². The zero-order chi connectivity index (χ0) is 18.1. The summed E-state index contributed by atoms with van der Waals surface area (Å²) in [5.41, 5.74) is 3.14. The summed E-state index contributed by atoms with van der Waals surface area (Å²) in [6, 6.07) is 9.28. The molecule has 2 amide bonds. The zero-order valence-electron chi connectivity index (χ0n) is 14.5. The lowest BCUT2D eigenvalue weighted by Crippen LogP contribution is -2.50. The summed E-state index contributed by atoms with van der Waals surface area (Å²) < 4.78 is 1.97. The highest BCUT2D eigenvalue weighted by molar-refractivity contribution is 5.96. The Kier molecular flexibility index (Phi) is 4.12. The molecule has 4 rings (SSSR count). The van der Waals surface area contributed by atoms with E-state index in [0.29, 0.717) is 37.4 Å². The smallest absolute Gasteiger partial charge is 0.274 e. The number of amides is 2. The molecule has 3 aromatic heterocycles. The average Bonchev–Trinajstić information content (AvgIpc) is 3.11. The number of piperazine rings is 1. The fourth-order valence-electron chi connectivity index (χ4n) is 3.21. The van der Waals surface area contributed by atoms with Gasteiger partial charge in [-0.3, -0.25) is 9.59 Å². The second-order valence-electron chi connectivity index (χ2n) is 6.46. The first-order valence-corrected chi connectivity index (χ1v) is 8.56. The summed E-state index contributed by atoms with van der Waals surface area (Å²) in [6.45, 7) is 4.03. The van der Waals surface area contributed by atoms with E-state index >= 15 is 0 Å². The first kappa shape index (κ1) is 16.3. The van der Waals surface area contributed by atoms with Crippen molar-refractivity contribution in [2.24, 2.45) is 0 Å². The van der Waals surface area contributed by atoms with Gasteiger partial charge in [-0.05, 0) is 36.8 Å². The van der Waals surface area contributed by atoms with Gasteiger partial charge in [0.2, 0.25) is 0 Å². The molecular weight excluding hydrogens is 330 g/mol. The van der Waals surface area contributed by atoms with Gasteiger partial charge in [0.05, 0.1) is 5.56 Å². The Bertz CT molecular complexity index is 958. The van der Waals surface area contributed by atoms with E-state index in [0.717, 1.165) is 11.1 Å². The molecule has 0 atom stereocenters. The van der Waals surface area contributed by atoms with E-state index in [9.17, 15) is 9.59 Å². The third-order valence-corrected chi connectivity index (χ3v) is 4.63. The molecule has 1 saturated heterocycles. The first-order chi connectivity index (χ1) is 12.6. The van der Waals surface area contributed by atoms with Gasteiger partial charge >= 0.3 is 0 Å². The van der Waals surface area contributed by atoms with Gasteiger partial charge in [0, 0.05) is 50.3 Å². The fourth-order valence-corrected chi connectivity index (χ4v) is 3.21. The standard InChI is InChI=1S/C19H19N5O2/c1-14-4-5-16-11-15(13-24(16)12-14)18(25)22-7-9-23(10-8-22)19(26)17-3-2-6-20-21-17/h2-6,11-13H,7-10H2,1H3. The molecule has 0 bridgehead atoms. The molecule has 1 aliphatic rings. The Morgan fingerprint density at radius 1 is 0.962 bits per heavy atom. The van der Waals surface area contributed by atoms with Crippen LogP contribution in [0.3, 0.4) is 0 Å². The van der Waals surface area contributed by atoms with Crippen LogP contribution in [0.2, 0.25) is 0 Å². The SMILES string of the molecule is Cc1ccc2cc(C(=O)N3CCN(C(=O)c4cccnn4)CC3)cn2c1. The van der Waals surface area contributed by atoms with E-state index in [-0.39, 0.29) is 11.8 Å². The molecule has 7 heteroatoms. The molecular formula is C19H19N5O2. The van der Waals surface area contributed by atoms with Crippen molar-refractivity contribution in [3.63, 3.8) is 0 Å². The molecule has 132 valence electrons. The molecule has 26 heavy (non-hydrogen) atoms. The number of carbonyl (C=O) groups is 2. The second kappa shape index (κ2) is 6.59. The fraction of sp³-hybridized carbons (Fsp3) is 0.263. The quantitative estimate of drug-likeness (QED) is 0.705. The van der Waals surface area contributed by atoms with E-state index in [1.54, 1.807) is 21.9 Å². The molecule has 1 aliphatic heterocycles. The Balaban J connectivity index is 1.43. The summed E-state index contributed by atoms with van der Waals surface area (Å²) in [4.78, 5) is 28.7. The molecule has 0 saturated carbocycles. The van der Waals surface area contributed by atoms with Crippen LogP contribution in [-0.2, 0) is 0 Å². The lowest BCUT2D eigenvalue weighted by atomic mass is 10.2. The zero-order valence-corrected chi connectivity index (χ0v) is 14.5. The third kappa shape index (κ3) is 3.03. The van der Waals surface area contributed by atoms with Crippen molar-refractivity contribution in [2.45, 2.75) is 6.92 Å². The topological polar surface area (TPSA) is 70.8 Å². The van der Waals surface area contributed by atoms with Gasteiger partial charge in [0.15, 0.2) is 5.69 Å². The number of carbonyl (C=O) groups excluding carboxylic acids is 2. The Morgan fingerprint density at radius 2 is 1.69 bits per heavy atom. The highest BCUT2D eigenvalue weighted by atomic mass is 16.2. The van der Waals surface area contributed by atoms with Crippen molar-refractivity contribution in [2.75, 3.05) is 26.2 Å². The number of rotatable bonds is 2. The number of aryl methyl sites for hydroxylation is 1. The molecule has 0 aliphatic carbocycles. The number of hydrogen-bond acceptors (Lipinski definition) is 4. The third-order valence-electron chi connectivity index (χ3n) is 4.63. The Hall–Kier alpha value is -3.22. The number of fused-ring (bicyclic) bond motifs is 1. The minimum absolute atomic E-state index is 0.00189. The van der Waals surface area contributed by atoms with Crippen molar-refractivity contribution >= 4 is 17.3 Å². The highest BCUT2D eigenvalue weighted by Gasteiger charge is 2.26. The minimum atomic E-state index is -0.143. The largest absolute Gasteiger partial charge is 0.335 e. The van der Waals surface area contributed by atoms with Crippen molar-refractivity contribution in [1.82, 2.24) is 24.4 Å². The maximum Gasteiger partial charge on any atom is 0.274 e. The highest BCUT2D eigenvalue weighted by Crippen LogP contribution is 2.15. The maximum atomic E-state index is 12.8. The second-order valence-corrected chi connectivity index (χ2v) is 6.46. The lowest BCUT2D eigenvalue weighted by Gasteiger charge is -2.34. The van der Waals surface area contributed by atoms with Gasteiger partial charge in [0.25, 0.3) is 11.8 Å². The maximum absolute atomic E-state index is 12.8. The van der Waals surface area contributed by atoms with Crippen molar-refractivity contribution in [3.8, 4) is 0 Å². The van der Waals surface area contributed by atoms with E-state index < -0.39 is 0 Å². The summed E-state index contributed by atoms with van der Waals surface area (Å²) in [5, 5.41) is 7.61. The monoisotopic (exact) mass is 349 g/mol. The van der Waals surface area contributed by atoms with E-state index in [4.69, 9.17) is 0 Å². The van der Waals surface area contributed by atoms with Crippen LogP contribution in [0, 0.1) is 6.92 Å². The van der Waals surface area contributed by atoms with Crippen LogP contribution in [0.15, 0.2) is 48.9 Å². The summed E-state index contributed by atoms with van der Waals surface area (Å²) in [5.74, 6) is -0.145. The van der Waals surface area contributed by atoms with Gasteiger partial charge < -0.3 is 14.2 Å². The normalized spacial score (nSPS) is 14.7. The molecule has 0 N–H and O–H groups in total. The lowest BCUT2D eigenvalue weighted by molar-refractivity contribution is 0.0531. The van der Waals surface area contributed by atoms with Gasteiger partial charge in [-0.25, -0.2) is 0 Å².